The topological polar surface area (TPSA) is 61.5 Å². The Kier molecular flexibility index (Phi) is 2.08. The second-order valence-corrected chi connectivity index (χ2v) is 3.95. The van der Waals surface area contributed by atoms with E-state index in [-0.39, 0.29) is 5.56 Å². The van der Waals surface area contributed by atoms with Gasteiger partial charge < -0.3 is 9.97 Å². The van der Waals surface area contributed by atoms with E-state index in [1.807, 2.05) is 30.5 Å². The molecule has 3 aromatic rings. The van der Waals surface area contributed by atoms with Gasteiger partial charge in [-0.05, 0) is 13.0 Å². The van der Waals surface area contributed by atoms with Crippen molar-refractivity contribution < 1.29 is 0 Å². The van der Waals surface area contributed by atoms with Crippen LogP contribution in [0.3, 0.4) is 0 Å². The molecule has 0 bridgehead atoms. The molecule has 0 unspecified atom stereocenters. The molecule has 2 N–H and O–H groups in total. The Hall–Kier alpha value is -2.36. The third-order valence-corrected chi connectivity index (χ3v) is 2.93. The highest BCUT2D eigenvalue weighted by molar-refractivity contribution is 5.95. The first-order valence-electron chi connectivity index (χ1n) is 5.38. The van der Waals surface area contributed by atoms with Crippen LogP contribution >= 0.6 is 0 Å². The molecule has 0 radical (unpaired) electrons. The lowest BCUT2D eigenvalue weighted by atomic mass is 10.1. The standard InChI is InChI=1S/C13H11N3O/c1-8-12(15-7-16-13(8)17)10-6-14-11-5-3-2-4-9(10)11/h2-7,14H,1H3,(H,15,16,17). The van der Waals surface area contributed by atoms with E-state index >= 15 is 0 Å². The summed E-state index contributed by atoms with van der Waals surface area (Å²) in [6, 6.07) is 7.97. The van der Waals surface area contributed by atoms with Crippen molar-refractivity contribution in [2.45, 2.75) is 6.92 Å². The molecule has 2 aromatic heterocycles. The maximum Gasteiger partial charge on any atom is 0.254 e. The number of aromatic nitrogens is 3. The van der Waals surface area contributed by atoms with Gasteiger partial charge in [0.15, 0.2) is 0 Å². The van der Waals surface area contributed by atoms with Crippen LogP contribution in [-0.2, 0) is 0 Å². The van der Waals surface area contributed by atoms with Gasteiger partial charge in [0.05, 0.1) is 12.0 Å². The summed E-state index contributed by atoms with van der Waals surface area (Å²) >= 11 is 0. The first-order valence-corrected chi connectivity index (χ1v) is 5.38. The molecule has 84 valence electrons. The van der Waals surface area contributed by atoms with Gasteiger partial charge in [-0.1, -0.05) is 18.2 Å². The van der Waals surface area contributed by atoms with Crippen LogP contribution in [0.15, 0.2) is 41.6 Å². The Labute approximate surface area is 97.3 Å². The molecule has 0 aliphatic carbocycles. The van der Waals surface area contributed by atoms with Crippen LogP contribution in [0, 0.1) is 6.92 Å². The Morgan fingerprint density at radius 3 is 2.88 bits per heavy atom. The maximum absolute atomic E-state index is 11.6. The van der Waals surface area contributed by atoms with E-state index < -0.39 is 0 Å². The monoisotopic (exact) mass is 225 g/mol. The molecule has 0 aliphatic rings. The van der Waals surface area contributed by atoms with E-state index in [0.29, 0.717) is 5.56 Å². The molecule has 4 heteroatoms. The van der Waals surface area contributed by atoms with Gasteiger partial charge in [-0.25, -0.2) is 4.98 Å². The minimum absolute atomic E-state index is 0.0970. The maximum atomic E-state index is 11.6. The van der Waals surface area contributed by atoms with Crippen LogP contribution in [0.5, 0.6) is 0 Å². The molecule has 3 rings (SSSR count). The smallest absolute Gasteiger partial charge is 0.254 e. The number of hydrogen-bond acceptors (Lipinski definition) is 2. The summed E-state index contributed by atoms with van der Waals surface area (Å²) in [5.74, 6) is 0. The van der Waals surface area contributed by atoms with Crippen molar-refractivity contribution in [1.82, 2.24) is 15.0 Å². The van der Waals surface area contributed by atoms with Gasteiger partial charge in [0, 0.05) is 28.2 Å². The molecule has 0 aliphatic heterocycles. The van der Waals surface area contributed by atoms with Gasteiger partial charge in [0.2, 0.25) is 0 Å². The molecule has 1 aromatic carbocycles. The van der Waals surface area contributed by atoms with Gasteiger partial charge in [0.25, 0.3) is 5.56 Å². The lowest BCUT2D eigenvalue weighted by Crippen LogP contribution is -2.11. The number of fused-ring (bicyclic) bond motifs is 1. The van der Waals surface area contributed by atoms with Crippen molar-refractivity contribution in [2.75, 3.05) is 0 Å². The van der Waals surface area contributed by atoms with Gasteiger partial charge >= 0.3 is 0 Å². The Morgan fingerprint density at radius 1 is 1.18 bits per heavy atom. The molecule has 0 fully saturated rings. The third kappa shape index (κ3) is 1.45. The number of rotatable bonds is 1. The summed E-state index contributed by atoms with van der Waals surface area (Å²) in [6.07, 6.45) is 3.33. The number of aromatic amines is 2. The zero-order valence-electron chi connectivity index (χ0n) is 9.32. The fourth-order valence-corrected chi connectivity index (χ4v) is 2.01. The fourth-order valence-electron chi connectivity index (χ4n) is 2.01. The van der Waals surface area contributed by atoms with Crippen LogP contribution in [-0.4, -0.2) is 15.0 Å². The van der Waals surface area contributed by atoms with Crippen LogP contribution in [0.2, 0.25) is 0 Å². The highest BCUT2D eigenvalue weighted by atomic mass is 16.1. The number of benzene rings is 1. The van der Waals surface area contributed by atoms with E-state index in [1.54, 1.807) is 6.92 Å². The minimum Gasteiger partial charge on any atom is -0.360 e. The predicted molar refractivity (Wildman–Crippen MR) is 66.9 cm³/mol. The summed E-state index contributed by atoms with van der Waals surface area (Å²) in [6.45, 7) is 1.78. The summed E-state index contributed by atoms with van der Waals surface area (Å²) < 4.78 is 0. The Balaban J connectivity index is 2.35. The molecule has 0 saturated heterocycles. The van der Waals surface area contributed by atoms with Crippen LogP contribution in [0.25, 0.3) is 22.2 Å². The zero-order valence-corrected chi connectivity index (χ0v) is 9.32. The molecule has 0 saturated carbocycles. The number of nitrogens with one attached hydrogen (secondary N) is 2. The van der Waals surface area contributed by atoms with E-state index in [1.165, 1.54) is 6.33 Å². The van der Waals surface area contributed by atoms with Crippen LogP contribution < -0.4 is 5.56 Å². The SMILES string of the molecule is Cc1c(-c2c[nH]c3ccccc23)nc[nH]c1=O. The van der Waals surface area contributed by atoms with E-state index in [0.717, 1.165) is 22.2 Å². The Morgan fingerprint density at radius 2 is 2.00 bits per heavy atom. The number of H-pyrrole nitrogens is 2. The molecular formula is C13H11N3O. The number of para-hydroxylation sites is 1. The summed E-state index contributed by atoms with van der Waals surface area (Å²) in [5.41, 5.74) is 3.27. The summed E-state index contributed by atoms with van der Waals surface area (Å²) in [5, 5.41) is 1.08. The third-order valence-electron chi connectivity index (χ3n) is 2.93. The first-order chi connectivity index (χ1) is 8.27. The second-order valence-electron chi connectivity index (χ2n) is 3.95. The summed E-state index contributed by atoms with van der Waals surface area (Å²) in [7, 11) is 0. The molecular weight excluding hydrogens is 214 g/mol. The minimum atomic E-state index is -0.0970. The normalized spacial score (nSPS) is 10.9. The number of nitrogens with zero attached hydrogens (tertiary/aromatic N) is 1. The Bertz CT molecular complexity index is 740. The van der Waals surface area contributed by atoms with Crippen molar-refractivity contribution in [3.63, 3.8) is 0 Å². The lowest BCUT2D eigenvalue weighted by Gasteiger charge is -2.01. The quantitative estimate of drug-likeness (QED) is 0.667. The van der Waals surface area contributed by atoms with Gasteiger partial charge in [-0.15, -0.1) is 0 Å². The van der Waals surface area contributed by atoms with Crippen LogP contribution in [0.4, 0.5) is 0 Å². The fraction of sp³-hybridized carbons (Fsp3) is 0.0769. The molecule has 0 atom stereocenters. The zero-order chi connectivity index (χ0) is 11.8. The average molecular weight is 225 g/mol. The average Bonchev–Trinajstić information content (AvgIpc) is 2.77. The van der Waals surface area contributed by atoms with Crippen molar-refractivity contribution in [3.8, 4) is 11.3 Å². The second kappa shape index (κ2) is 3.59. The van der Waals surface area contributed by atoms with Crippen molar-refractivity contribution >= 4 is 10.9 Å². The van der Waals surface area contributed by atoms with Crippen molar-refractivity contribution in [3.05, 3.63) is 52.7 Å². The lowest BCUT2D eigenvalue weighted by molar-refractivity contribution is 1.08. The first kappa shape index (κ1) is 9.84. The van der Waals surface area contributed by atoms with E-state index in [9.17, 15) is 4.79 Å². The largest absolute Gasteiger partial charge is 0.360 e. The van der Waals surface area contributed by atoms with Gasteiger partial charge in [0.1, 0.15) is 0 Å². The molecule has 4 nitrogen and oxygen atoms in total. The van der Waals surface area contributed by atoms with E-state index in [4.69, 9.17) is 0 Å². The molecule has 2 heterocycles. The van der Waals surface area contributed by atoms with Crippen LogP contribution in [0.1, 0.15) is 5.56 Å². The van der Waals surface area contributed by atoms with Gasteiger partial charge in [-0.2, -0.15) is 0 Å². The molecule has 0 spiro atoms. The van der Waals surface area contributed by atoms with Crippen molar-refractivity contribution in [2.24, 2.45) is 0 Å². The van der Waals surface area contributed by atoms with Gasteiger partial charge in [-0.3, -0.25) is 4.79 Å². The van der Waals surface area contributed by atoms with Crippen molar-refractivity contribution in [1.29, 1.82) is 0 Å². The summed E-state index contributed by atoms with van der Waals surface area (Å²) in [4.78, 5) is 21.6. The highest BCUT2D eigenvalue weighted by Crippen LogP contribution is 2.27. The number of hydrogen-bond donors (Lipinski definition) is 2. The highest BCUT2D eigenvalue weighted by Gasteiger charge is 2.10. The predicted octanol–water partition coefficient (Wildman–Crippen LogP) is 2.23. The molecule has 17 heavy (non-hydrogen) atoms. The van der Waals surface area contributed by atoms with E-state index in [2.05, 4.69) is 15.0 Å². The molecule has 0 amide bonds.